The summed E-state index contributed by atoms with van der Waals surface area (Å²) < 4.78 is 39.0. The lowest BCUT2D eigenvalue weighted by Gasteiger charge is -2.43. The summed E-state index contributed by atoms with van der Waals surface area (Å²) in [4.78, 5) is 0. The smallest absolute Gasteiger partial charge is 0.264 e. The highest BCUT2D eigenvalue weighted by Crippen LogP contribution is 2.77. The third-order valence-electron chi connectivity index (χ3n) is 6.92. The van der Waals surface area contributed by atoms with Crippen LogP contribution in [0.1, 0.15) is 54.9 Å². The summed E-state index contributed by atoms with van der Waals surface area (Å²) in [5.74, 6) is 0. The molecule has 0 amide bonds. The number of nitrogens with one attached hydrogen (secondary N) is 1. The molecule has 0 saturated carbocycles. The Morgan fingerprint density at radius 2 is 1.10 bits per heavy atom. The molecule has 0 aromatic rings. The maximum absolute atomic E-state index is 6.01. The summed E-state index contributed by atoms with van der Waals surface area (Å²) in [7, 11) is 18.5. The summed E-state index contributed by atoms with van der Waals surface area (Å²) >= 11 is 0. The maximum atomic E-state index is 6.01. The molecule has 1 atom stereocenters. The summed E-state index contributed by atoms with van der Waals surface area (Å²) in [5, 5.41) is 3.64. The fourth-order valence-corrected chi connectivity index (χ4v) is 24.3. The summed E-state index contributed by atoms with van der Waals surface area (Å²) in [5.41, 5.74) is -0.186. The first-order chi connectivity index (χ1) is 18.6. The molecule has 0 radical (unpaired) electrons. The van der Waals surface area contributed by atoms with E-state index in [2.05, 4.69) is 173 Å². The normalized spacial score (nSPS) is 15.8. The molecule has 0 fully saturated rings. The van der Waals surface area contributed by atoms with Gasteiger partial charge in [-0.15, -0.1) is 4.52 Å². The van der Waals surface area contributed by atoms with Crippen LogP contribution in [-0.2, 0) is 0 Å². The average Bonchev–Trinajstić information content (AvgIpc) is 2.75. The Balaban J connectivity index is 9.61. The lowest BCUT2D eigenvalue weighted by atomic mass is 9.82. The molecule has 252 valence electrons. The van der Waals surface area contributed by atoms with E-state index in [-0.39, 0.29) is 11.1 Å². The van der Waals surface area contributed by atoms with Gasteiger partial charge in [-0.1, -0.05) is 34.6 Å². The van der Waals surface area contributed by atoms with Crippen LogP contribution in [0.25, 0.3) is 0 Å². The third-order valence-corrected chi connectivity index (χ3v) is 23.3. The van der Waals surface area contributed by atoms with Crippen LogP contribution < -0.4 is 5.09 Å². The van der Waals surface area contributed by atoms with Crippen molar-refractivity contribution in [3.05, 3.63) is 0 Å². The van der Waals surface area contributed by atoms with Crippen molar-refractivity contribution in [2.45, 2.75) is 66.1 Å². The van der Waals surface area contributed by atoms with Crippen LogP contribution in [0, 0.1) is 5.41 Å². The van der Waals surface area contributed by atoms with Crippen LogP contribution >= 0.6 is 29.9 Å². The molecule has 0 aliphatic heterocycles. The van der Waals surface area contributed by atoms with Gasteiger partial charge in [-0.2, -0.15) is 13.4 Å². The van der Waals surface area contributed by atoms with Crippen molar-refractivity contribution in [3.63, 3.8) is 0 Å². The molecule has 1 N–H and O–H groups in total. The minimum atomic E-state index is -3.26. The second-order valence-corrected chi connectivity index (χ2v) is 28.1. The van der Waals surface area contributed by atoms with Gasteiger partial charge in [-0.25, -0.2) is 14.1 Å². The van der Waals surface area contributed by atoms with E-state index in [0.29, 0.717) is 0 Å². The van der Waals surface area contributed by atoms with Gasteiger partial charge in [-0.3, -0.25) is 23.8 Å². The molecule has 0 aromatic carbocycles. The fourth-order valence-electron chi connectivity index (χ4n) is 6.02. The number of hydrogen-bond donors (Lipinski definition) is 1. The van der Waals surface area contributed by atoms with Crippen LogP contribution in [0.2, 0.25) is 0 Å². The van der Waals surface area contributed by atoms with Gasteiger partial charge < -0.3 is 0 Å². The molecular weight excluding hydrogens is 604 g/mol. The number of hydrogen-bond acceptors (Lipinski definition) is 1. The molecule has 0 saturated heterocycles. The Morgan fingerprint density at radius 3 is 1.33 bits per heavy atom. The fraction of sp³-hybridized carbons (Fsp3) is 0.962. The van der Waals surface area contributed by atoms with Gasteiger partial charge >= 0.3 is 15.0 Å². The van der Waals surface area contributed by atoms with Gasteiger partial charge in [-0.05, 0) is 117 Å². The number of rotatable bonds is 14. The molecule has 0 heterocycles. The van der Waals surface area contributed by atoms with Gasteiger partial charge in [0.15, 0.2) is 7.51 Å². The molecule has 0 aliphatic rings. The van der Waals surface area contributed by atoms with Crippen molar-refractivity contribution < 1.29 is 4.35 Å². The van der Waals surface area contributed by atoms with Crippen molar-refractivity contribution in [2.24, 2.45) is 23.7 Å². The zero-order chi connectivity index (χ0) is 33.9. The molecule has 0 spiro atoms. The molecule has 0 bridgehead atoms. The van der Waals surface area contributed by atoms with Crippen LogP contribution in [-0.4, -0.2) is 149 Å². The summed E-state index contributed by atoms with van der Waals surface area (Å²) in [6.07, 6.45) is 0.865. The number of nitrogens with zero attached hydrogens (tertiary/aromatic N) is 11. The zero-order valence-corrected chi connectivity index (χ0v) is 34.8. The molecular formula is C26H69N12P4+. The predicted molar refractivity (Wildman–Crippen MR) is 195 cm³/mol. The molecule has 0 aliphatic carbocycles. The van der Waals surface area contributed by atoms with Crippen molar-refractivity contribution in [1.82, 2.24) is 33.1 Å². The highest BCUT2D eigenvalue weighted by atomic mass is 31.3. The molecule has 0 rings (SSSR count). The lowest BCUT2D eigenvalue weighted by molar-refractivity contribution is -0.331. The Labute approximate surface area is 262 Å². The van der Waals surface area contributed by atoms with E-state index in [0.717, 1.165) is 6.42 Å². The molecule has 42 heavy (non-hydrogen) atoms. The predicted octanol–water partition coefficient (Wildman–Crippen LogP) is 7.41. The standard InChI is InChI=1S/C26H69N12P4/c1-24(2)39(32(9)10,33(11)12)29-40(28-26(6,7)23-25(3,4)5,30-41(27-8,34(13)14)35(15)16)31-42(36(17)18,37(19)20)38(21)22/h24,27H,17,23H2,1-16,18-22H3/q+1. The third kappa shape index (κ3) is 9.42. The molecule has 0 aromatic heterocycles. The summed E-state index contributed by atoms with van der Waals surface area (Å²) in [6.45, 7) is 20.2. The average molecular weight is 674 g/mol. The van der Waals surface area contributed by atoms with Gasteiger partial charge in [0, 0.05) is 5.66 Å². The quantitative estimate of drug-likeness (QED) is 0.152. The van der Waals surface area contributed by atoms with E-state index in [1.165, 1.54) is 0 Å². The van der Waals surface area contributed by atoms with Gasteiger partial charge in [0.25, 0.3) is 0 Å². The first-order valence-corrected chi connectivity index (χ1v) is 21.1. The Morgan fingerprint density at radius 1 is 0.690 bits per heavy atom. The maximum Gasteiger partial charge on any atom is 0.363 e. The first-order valence-electron chi connectivity index (χ1n) is 14.5. The van der Waals surface area contributed by atoms with Gasteiger partial charge in [0.1, 0.15) is 21.1 Å². The van der Waals surface area contributed by atoms with E-state index in [4.69, 9.17) is 18.3 Å². The van der Waals surface area contributed by atoms with Crippen molar-refractivity contribution in [2.75, 3.05) is 98.7 Å². The minimum Gasteiger partial charge on any atom is -0.264 e. The van der Waals surface area contributed by atoms with E-state index in [1.807, 2.05) is 18.4 Å². The highest BCUT2D eigenvalue weighted by molar-refractivity contribution is 7.80. The van der Waals surface area contributed by atoms with Crippen molar-refractivity contribution in [3.8, 4) is 0 Å². The van der Waals surface area contributed by atoms with E-state index >= 15 is 0 Å². The van der Waals surface area contributed by atoms with E-state index in [1.54, 1.807) is 0 Å². The van der Waals surface area contributed by atoms with Crippen LogP contribution in [0.15, 0.2) is 18.3 Å². The Bertz CT molecular complexity index is 1090. The second kappa shape index (κ2) is 15.3. The Kier molecular flexibility index (Phi) is 15.4. The Hall–Kier alpha value is 0.310. The monoisotopic (exact) mass is 673 g/mol. The molecule has 1 unspecified atom stereocenters. The molecule has 16 heteroatoms. The summed E-state index contributed by atoms with van der Waals surface area (Å²) in [6, 6.07) is 0. The van der Waals surface area contributed by atoms with E-state index in [9.17, 15) is 0 Å². The van der Waals surface area contributed by atoms with Crippen molar-refractivity contribution in [1.29, 1.82) is 0 Å². The molecule has 12 nitrogen and oxygen atoms in total. The highest BCUT2D eigenvalue weighted by Gasteiger charge is 2.44. The van der Waals surface area contributed by atoms with Gasteiger partial charge in [0.05, 0.1) is 5.54 Å². The van der Waals surface area contributed by atoms with Crippen LogP contribution in [0.5, 0.6) is 0 Å². The van der Waals surface area contributed by atoms with Crippen molar-refractivity contribution >= 4 is 36.6 Å². The zero-order valence-electron chi connectivity index (χ0n) is 31.2. The second-order valence-electron chi connectivity index (χ2n) is 14.2. The minimum absolute atomic E-state index is 0.0484. The SMILES string of the molecule is C=[N+](C)P(=NP(=NC(C)(C)CC(C)(C)C)(N=P(NC)(N(C)C)N(C)C)N=P(C(C)C)(N(C)C)N(C)C)(N(C)C)N(C)C. The topological polar surface area (TPSA) is 83.9 Å². The largest absolute Gasteiger partial charge is 0.363 e. The van der Waals surface area contributed by atoms with Crippen LogP contribution in [0.4, 0.5) is 0 Å². The van der Waals surface area contributed by atoms with Gasteiger partial charge in [0.2, 0.25) is 0 Å². The lowest BCUT2D eigenvalue weighted by Crippen LogP contribution is -2.30. The van der Waals surface area contributed by atoms with E-state index < -0.39 is 35.4 Å². The van der Waals surface area contributed by atoms with Crippen LogP contribution in [0.3, 0.4) is 0 Å². The first kappa shape index (κ1) is 42.3.